The Balaban J connectivity index is 1.66. The second-order valence-corrected chi connectivity index (χ2v) is 7.08. The number of carbonyl (C=O) groups excluding carboxylic acids is 2. The number of ether oxygens (including phenoxy) is 1. The number of aliphatic imine (C=N–C) groups is 1. The van der Waals surface area contributed by atoms with Crippen LogP contribution in [-0.2, 0) is 9.53 Å². The summed E-state index contributed by atoms with van der Waals surface area (Å²) in [7, 11) is 0. The summed E-state index contributed by atoms with van der Waals surface area (Å²) in [6, 6.07) is -0.544. The van der Waals surface area contributed by atoms with Gasteiger partial charge in [0.05, 0.1) is 13.1 Å². The van der Waals surface area contributed by atoms with Gasteiger partial charge in [0.15, 0.2) is 0 Å². The molecule has 0 unspecified atom stereocenters. The van der Waals surface area contributed by atoms with Gasteiger partial charge in [0, 0.05) is 18.2 Å². The second kappa shape index (κ2) is 9.20. The molecule has 0 aliphatic carbocycles. The average molecular weight is 454 g/mol. The zero-order valence-corrected chi connectivity index (χ0v) is 17.0. The number of hydrogen-bond acceptors (Lipinski definition) is 9. The van der Waals surface area contributed by atoms with Crippen molar-refractivity contribution in [1.29, 1.82) is 0 Å². The molecule has 2 aliphatic heterocycles. The van der Waals surface area contributed by atoms with Gasteiger partial charge in [-0.15, -0.1) is 0 Å². The fraction of sp³-hybridized carbons (Fsp3) is 0.444. The summed E-state index contributed by atoms with van der Waals surface area (Å²) in [6.45, 7) is 5.26. The van der Waals surface area contributed by atoms with Crippen molar-refractivity contribution in [3.8, 4) is 0 Å². The van der Waals surface area contributed by atoms with Crippen LogP contribution < -0.4 is 21.3 Å². The number of rotatable bonds is 8. The van der Waals surface area contributed by atoms with Crippen LogP contribution in [0.15, 0.2) is 28.6 Å². The van der Waals surface area contributed by atoms with Crippen LogP contribution in [0.2, 0.25) is 0 Å². The van der Waals surface area contributed by atoms with E-state index in [9.17, 15) is 22.8 Å². The molecule has 2 amide bonds. The van der Waals surface area contributed by atoms with Crippen molar-refractivity contribution < 1.29 is 27.5 Å². The first kappa shape index (κ1) is 23.0. The standard InChI is InChI=1S/C18H21F3N8O3/c1-9(18(19,20)21)3-4-12(23-2)32-10-7-29(8-10)17-27-14(13(22)30)26-16(28-17)25-11-5-6-24-15(11)31/h3-4,10-11H,2,5-8H2,1H3,(H2,22,30)(H,24,31)(H,25,26,27,28)/b9-3+,12-4+/t11-/m0/s1. The lowest BCUT2D eigenvalue weighted by Crippen LogP contribution is -2.53. The Labute approximate surface area is 180 Å². The van der Waals surface area contributed by atoms with E-state index >= 15 is 0 Å². The molecule has 2 fully saturated rings. The maximum absolute atomic E-state index is 12.6. The lowest BCUT2D eigenvalue weighted by Gasteiger charge is -2.38. The van der Waals surface area contributed by atoms with Gasteiger partial charge < -0.3 is 26.0 Å². The molecule has 3 heterocycles. The fourth-order valence-corrected chi connectivity index (χ4v) is 2.84. The third kappa shape index (κ3) is 5.50. The lowest BCUT2D eigenvalue weighted by molar-refractivity contribution is -0.119. The van der Waals surface area contributed by atoms with Crippen LogP contribution in [-0.4, -0.2) is 71.4 Å². The van der Waals surface area contributed by atoms with Gasteiger partial charge in [-0.05, 0) is 26.1 Å². The molecule has 0 saturated carbocycles. The number of nitrogens with zero attached hydrogens (tertiary/aromatic N) is 5. The number of hydrogen-bond donors (Lipinski definition) is 3. The van der Waals surface area contributed by atoms with E-state index in [1.807, 2.05) is 0 Å². The molecule has 2 aliphatic rings. The van der Waals surface area contributed by atoms with E-state index in [-0.39, 0.29) is 42.6 Å². The first-order valence-electron chi connectivity index (χ1n) is 9.51. The van der Waals surface area contributed by atoms with Crippen molar-refractivity contribution in [2.45, 2.75) is 31.7 Å². The Bertz CT molecular complexity index is 973. The number of amides is 2. The number of carbonyl (C=O) groups is 2. The first-order chi connectivity index (χ1) is 15.1. The van der Waals surface area contributed by atoms with Crippen LogP contribution in [0, 0.1) is 0 Å². The summed E-state index contributed by atoms with van der Waals surface area (Å²) in [5.41, 5.74) is 4.48. The van der Waals surface area contributed by atoms with Crippen LogP contribution >= 0.6 is 0 Å². The first-order valence-corrected chi connectivity index (χ1v) is 9.51. The summed E-state index contributed by atoms with van der Waals surface area (Å²) in [4.78, 5) is 40.8. The van der Waals surface area contributed by atoms with E-state index in [1.54, 1.807) is 4.90 Å². The molecule has 3 rings (SSSR count). The Morgan fingerprint density at radius 2 is 2.06 bits per heavy atom. The molecule has 1 aromatic rings. The van der Waals surface area contributed by atoms with Gasteiger partial charge >= 0.3 is 6.18 Å². The maximum Gasteiger partial charge on any atom is 0.412 e. The molecular formula is C18H21F3N8O3. The van der Waals surface area contributed by atoms with Crippen molar-refractivity contribution in [2.75, 3.05) is 29.9 Å². The van der Waals surface area contributed by atoms with Crippen molar-refractivity contribution >= 4 is 30.4 Å². The summed E-state index contributed by atoms with van der Waals surface area (Å²) >= 11 is 0. The van der Waals surface area contributed by atoms with Crippen molar-refractivity contribution in [2.24, 2.45) is 10.7 Å². The molecule has 0 aromatic carbocycles. The van der Waals surface area contributed by atoms with Gasteiger partial charge in [-0.3, -0.25) is 9.59 Å². The Hall–Kier alpha value is -3.71. The van der Waals surface area contributed by atoms with E-state index in [1.165, 1.54) is 0 Å². The summed E-state index contributed by atoms with van der Waals surface area (Å²) in [5.74, 6) is -1.26. The van der Waals surface area contributed by atoms with E-state index < -0.39 is 29.8 Å². The summed E-state index contributed by atoms with van der Waals surface area (Å²) in [6.07, 6.45) is -2.41. The monoisotopic (exact) mass is 454 g/mol. The predicted octanol–water partition coefficient (Wildman–Crippen LogP) is 0.527. The normalized spacial score (nSPS) is 19.9. The van der Waals surface area contributed by atoms with Gasteiger partial charge in [-0.25, -0.2) is 4.99 Å². The highest BCUT2D eigenvalue weighted by molar-refractivity contribution is 5.90. The molecule has 11 nitrogen and oxygen atoms in total. The van der Waals surface area contributed by atoms with Crippen molar-refractivity contribution in [1.82, 2.24) is 20.3 Å². The minimum atomic E-state index is -4.45. The van der Waals surface area contributed by atoms with Crippen LogP contribution in [0.3, 0.4) is 0 Å². The Morgan fingerprint density at radius 1 is 1.34 bits per heavy atom. The van der Waals surface area contributed by atoms with Crippen molar-refractivity contribution in [3.63, 3.8) is 0 Å². The Morgan fingerprint density at radius 3 is 2.62 bits per heavy atom. The largest absolute Gasteiger partial charge is 0.471 e. The zero-order chi connectivity index (χ0) is 23.5. The molecule has 1 atom stereocenters. The van der Waals surface area contributed by atoms with Crippen LogP contribution in [0.1, 0.15) is 24.0 Å². The third-order valence-electron chi connectivity index (χ3n) is 4.69. The number of allylic oxidation sites excluding steroid dienone is 3. The minimum Gasteiger partial charge on any atom is -0.471 e. The minimum absolute atomic E-state index is 0.0244. The van der Waals surface area contributed by atoms with Gasteiger partial charge in [0.2, 0.25) is 29.5 Å². The molecule has 2 saturated heterocycles. The fourth-order valence-electron chi connectivity index (χ4n) is 2.84. The zero-order valence-electron chi connectivity index (χ0n) is 17.0. The van der Waals surface area contributed by atoms with Gasteiger partial charge in [-0.2, -0.15) is 28.1 Å². The molecule has 32 heavy (non-hydrogen) atoms. The molecule has 4 N–H and O–H groups in total. The van der Waals surface area contributed by atoms with E-state index in [4.69, 9.17) is 10.5 Å². The van der Waals surface area contributed by atoms with Crippen LogP contribution in [0.25, 0.3) is 0 Å². The molecule has 14 heteroatoms. The highest BCUT2D eigenvalue weighted by Gasteiger charge is 2.33. The van der Waals surface area contributed by atoms with E-state index in [0.717, 1.165) is 19.1 Å². The number of halogens is 3. The molecule has 0 bridgehead atoms. The molecular weight excluding hydrogens is 433 g/mol. The SMILES string of the molecule is C=N/C(=C\C=C(/C)C(F)(F)F)OC1CN(c2nc(N[C@H]3CCNC3=O)nc(C(N)=O)n2)C1. The highest BCUT2D eigenvalue weighted by atomic mass is 19.4. The van der Waals surface area contributed by atoms with Gasteiger partial charge in [-0.1, -0.05) is 0 Å². The quantitative estimate of drug-likeness (QED) is 0.293. The lowest BCUT2D eigenvalue weighted by atomic mass is 10.2. The topological polar surface area (TPSA) is 148 Å². The molecule has 0 spiro atoms. The highest BCUT2D eigenvalue weighted by Crippen LogP contribution is 2.26. The molecule has 172 valence electrons. The predicted molar refractivity (Wildman–Crippen MR) is 108 cm³/mol. The summed E-state index contributed by atoms with van der Waals surface area (Å²) < 4.78 is 43.3. The average Bonchev–Trinajstić information content (AvgIpc) is 3.09. The van der Waals surface area contributed by atoms with E-state index in [0.29, 0.717) is 13.0 Å². The smallest absolute Gasteiger partial charge is 0.412 e. The van der Waals surface area contributed by atoms with Crippen LogP contribution in [0.5, 0.6) is 0 Å². The second-order valence-electron chi connectivity index (χ2n) is 7.08. The number of alkyl halides is 3. The van der Waals surface area contributed by atoms with Crippen molar-refractivity contribution in [3.05, 3.63) is 29.4 Å². The van der Waals surface area contributed by atoms with E-state index in [2.05, 4.69) is 37.3 Å². The van der Waals surface area contributed by atoms with Crippen LogP contribution in [0.4, 0.5) is 25.1 Å². The Kier molecular flexibility index (Phi) is 6.60. The van der Waals surface area contributed by atoms with Gasteiger partial charge in [0.1, 0.15) is 12.1 Å². The third-order valence-corrected chi connectivity index (χ3v) is 4.69. The number of nitrogens with two attached hydrogens (primary N) is 1. The number of nitrogens with one attached hydrogen (secondary N) is 2. The van der Waals surface area contributed by atoms with Gasteiger partial charge in [0.25, 0.3) is 5.91 Å². The number of aromatic nitrogens is 3. The number of primary amides is 1. The molecule has 1 aromatic heterocycles. The number of anilines is 2. The maximum atomic E-state index is 12.6. The molecule has 0 radical (unpaired) electrons. The summed E-state index contributed by atoms with van der Waals surface area (Å²) in [5, 5.41) is 5.52.